The van der Waals surface area contributed by atoms with Crippen molar-refractivity contribution in [2.45, 2.75) is 20.3 Å². The molecule has 0 aliphatic heterocycles. The fourth-order valence-electron chi connectivity index (χ4n) is 2.51. The van der Waals surface area contributed by atoms with E-state index < -0.39 is 11.2 Å². The third-order valence-corrected chi connectivity index (χ3v) is 3.96. The molecule has 0 aliphatic rings. The molecule has 0 unspecified atom stereocenters. The number of aromatic nitrogens is 4. The molecule has 0 aromatic carbocycles. The van der Waals surface area contributed by atoms with Crippen molar-refractivity contribution >= 4 is 17.1 Å². The highest BCUT2D eigenvalue weighted by atomic mass is 16.2. The molecule has 2 rings (SSSR count). The molecule has 0 atom stereocenters. The van der Waals surface area contributed by atoms with E-state index >= 15 is 0 Å². The SMILES string of the molecule is CCN(CC)CCCNc1nc2c(c(=O)[nH]c(=O)n2C)n1C. The zero-order valence-corrected chi connectivity index (χ0v) is 13.6. The van der Waals surface area contributed by atoms with Gasteiger partial charge in [-0.3, -0.25) is 14.3 Å². The number of fused-ring (bicyclic) bond motifs is 1. The summed E-state index contributed by atoms with van der Waals surface area (Å²) in [6.45, 7) is 8.16. The maximum absolute atomic E-state index is 11.9. The minimum absolute atomic E-state index is 0.391. The lowest BCUT2D eigenvalue weighted by Crippen LogP contribution is -2.29. The van der Waals surface area contributed by atoms with E-state index in [4.69, 9.17) is 0 Å². The molecule has 0 saturated heterocycles. The zero-order valence-electron chi connectivity index (χ0n) is 13.6. The Labute approximate surface area is 128 Å². The van der Waals surface area contributed by atoms with Gasteiger partial charge < -0.3 is 14.8 Å². The second kappa shape index (κ2) is 6.78. The first-order valence-corrected chi connectivity index (χ1v) is 7.61. The second-order valence-corrected chi connectivity index (χ2v) is 5.29. The summed E-state index contributed by atoms with van der Waals surface area (Å²) in [5, 5.41) is 3.24. The molecule has 0 amide bonds. The van der Waals surface area contributed by atoms with E-state index in [-0.39, 0.29) is 0 Å². The van der Waals surface area contributed by atoms with Gasteiger partial charge in [0, 0.05) is 20.6 Å². The molecular formula is C14H24N6O2. The third-order valence-electron chi connectivity index (χ3n) is 3.96. The van der Waals surface area contributed by atoms with E-state index in [1.54, 1.807) is 18.7 Å². The van der Waals surface area contributed by atoms with Crippen LogP contribution in [0.3, 0.4) is 0 Å². The van der Waals surface area contributed by atoms with Crippen molar-refractivity contribution < 1.29 is 0 Å². The number of aromatic amines is 1. The minimum atomic E-state index is -0.455. The number of imidazole rings is 1. The van der Waals surface area contributed by atoms with Crippen LogP contribution in [0.1, 0.15) is 20.3 Å². The first kappa shape index (κ1) is 16.3. The fraction of sp³-hybridized carbons (Fsp3) is 0.643. The van der Waals surface area contributed by atoms with Gasteiger partial charge in [-0.05, 0) is 26.1 Å². The Morgan fingerprint density at radius 2 is 1.86 bits per heavy atom. The molecule has 0 bridgehead atoms. The second-order valence-electron chi connectivity index (χ2n) is 5.29. The van der Waals surface area contributed by atoms with Gasteiger partial charge in [-0.15, -0.1) is 0 Å². The summed E-state index contributed by atoms with van der Waals surface area (Å²) in [6, 6.07) is 0. The van der Waals surface area contributed by atoms with Gasteiger partial charge in [0.1, 0.15) is 0 Å². The van der Waals surface area contributed by atoms with Crippen LogP contribution in [0.4, 0.5) is 5.95 Å². The van der Waals surface area contributed by atoms with Crippen LogP contribution in [0.2, 0.25) is 0 Å². The van der Waals surface area contributed by atoms with E-state index in [0.717, 1.165) is 32.6 Å². The van der Waals surface area contributed by atoms with Crippen LogP contribution in [-0.4, -0.2) is 50.2 Å². The highest BCUT2D eigenvalue weighted by Crippen LogP contribution is 2.12. The molecule has 0 fully saturated rings. The van der Waals surface area contributed by atoms with Gasteiger partial charge in [0.05, 0.1) is 0 Å². The summed E-state index contributed by atoms with van der Waals surface area (Å²) < 4.78 is 3.03. The number of anilines is 1. The predicted octanol–water partition coefficient (Wildman–Crippen LogP) is 0.104. The molecule has 2 N–H and O–H groups in total. The molecule has 0 radical (unpaired) electrons. The first-order valence-electron chi connectivity index (χ1n) is 7.61. The first-order chi connectivity index (χ1) is 10.5. The summed E-state index contributed by atoms with van der Waals surface area (Å²) in [4.78, 5) is 32.5. The fourth-order valence-corrected chi connectivity index (χ4v) is 2.51. The number of aryl methyl sites for hydroxylation is 2. The number of hydrogen-bond acceptors (Lipinski definition) is 5. The van der Waals surface area contributed by atoms with Crippen molar-refractivity contribution in [3.05, 3.63) is 20.8 Å². The molecule has 8 heteroatoms. The van der Waals surface area contributed by atoms with Crippen LogP contribution >= 0.6 is 0 Å². The van der Waals surface area contributed by atoms with Gasteiger partial charge in [-0.2, -0.15) is 4.98 Å². The standard InChI is InChI=1S/C14H24N6O2/c1-5-20(6-2)9-7-8-15-13-16-11-10(18(13)3)12(21)17-14(22)19(11)4/h5-9H2,1-4H3,(H,15,16)(H,17,21,22). The van der Waals surface area contributed by atoms with E-state index in [2.05, 4.69) is 34.0 Å². The molecule has 0 saturated carbocycles. The van der Waals surface area contributed by atoms with Gasteiger partial charge >= 0.3 is 5.69 Å². The van der Waals surface area contributed by atoms with Crippen molar-refractivity contribution in [2.24, 2.45) is 14.1 Å². The monoisotopic (exact) mass is 308 g/mol. The van der Waals surface area contributed by atoms with Crippen LogP contribution in [-0.2, 0) is 14.1 Å². The van der Waals surface area contributed by atoms with E-state index in [1.165, 1.54) is 4.57 Å². The normalized spacial score (nSPS) is 11.5. The van der Waals surface area contributed by atoms with Crippen molar-refractivity contribution in [3.8, 4) is 0 Å². The smallest absolute Gasteiger partial charge is 0.329 e. The zero-order chi connectivity index (χ0) is 16.3. The highest BCUT2D eigenvalue weighted by molar-refractivity contribution is 5.73. The maximum Gasteiger partial charge on any atom is 0.329 e. The summed E-state index contributed by atoms with van der Waals surface area (Å²) in [6.07, 6.45) is 0.986. The molecule has 8 nitrogen and oxygen atoms in total. The number of hydrogen-bond donors (Lipinski definition) is 2. The lowest BCUT2D eigenvalue weighted by atomic mass is 10.3. The van der Waals surface area contributed by atoms with Gasteiger partial charge in [-0.1, -0.05) is 13.8 Å². The van der Waals surface area contributed by atoms with E-state index in [9.17, 15) is 9.59 Å². The average molecular weight is 308 g/mol. The Balaban J connectivity index is 2.15. The lowest BCUT2D eigenvalue weighted by Gasteiger charge is -2.17. The molecule has 0 spiro atoms. The van der Waals surface area contributed by atoms with Crippen molar-refractivity contribution in [1.82, 2.24) is 24.0 Å². The predicted molar refractivity (Wildman–Crippen MR) is 87.5 cm³/mol. The lowest BCUT2D eigenvalue weighted by molar-refractivity contribution is 0.303. The van der Waals surface area contributed by atoms with Crippen molar-refractivity contribution in [1.29, 1.82) is 0 Å². The Hall–Kier alpha value is -2.09. The summed E-state index contributed by atoms with van der Waals surface area (Å²) in [5.74, 6) is 0.598. The molecule has 2 heterocycles. The van der Waals surface area contributed by atoms with Crippen LogP contribution in [0, 0.1) is 0 Å². The molecular weight excluding hydrogens is 284 g/mol. The van der Waals surface area contributed by atoms with Gasteiger partial charge in [0.2, 0.25) is 5.95 Å². The molecule has 22 heavy (non-hydrogen) atoms. The average Bonchev–Trinajstić information content (AvgIpc) is 2.83. The van der Waals surface area contributed by atoms with Crippen LogP contribution in [0.5, 0.6) is 0 Å². The van der Waals surface area contributed by atoms with Crippen LogP contribution in [0.25, 0.3) is 11.2 Å². The molecule has 2 aromatic rings. The van der Waals surface area contributed by atoms with Gasteiger partial charge in [0.15, 0.2) is 11.2 Å². The largest absolute Gasteiger partial charge is 0.356 e. The Morgan fingerprint density at radius 3 is 2.50 bits per heavy atom. The van der Waals surface area contributed by atoms with Gasteiger partial charge in [0.25, 0.3) is 5.56 Å². The third kappa shape index (κ3) is 3.06. The van der Waals surface area contributed by atoms with Crippen LogP contribution in [0.15, 0.2) is 9.59 Å². The Morgan fingerprint density at radius 1 is 1.18 bits per heavy atom. The van der Waals surface area contributed by atoms with Crippen LogP contribution < -0.4 is 16.6 Å². The van der Waals surface area contributed by atoms with E-state index in [1.807, 2.05) is 0 Å². The maximum atomic E-state index is 11.9. The quantitative estimate of drug-likeness (QED) is 0.709. The van der Waals surface area contributed by atoms with E-state index in [0.29, 0.717) is 17.1 Å². The number of H-pyrrole nitrogens is 1. The van der Waals surface area contributed by atoms with Crippen molar-refractivity contribution in [2.75, 3.05) is 31.5 Å². The highest BCUT2D eigenvalue weighted by Gasteiger charge is 2.14. The Bertz CT molecular complexity index is 753. The number of nitrogens with one attached hydrogen (secondary N) is 2. The summed E-state index contributed by atoms with van der Waals surface area (Å²) >= 11 is 0. The minimum Gasteiger partial charge on any atom is -0.356 e. The topological polar surface area (TPSA) is 88.0 Å². The molecule has 2 aromatic heterocycles. The molecule has 0 aliphatic carbocycles. The van der Waals surface area contributed by atoms with Gasteiger partial charge in [-0.25, -0.2) is 4.79 Å². The van der Waals surface area contributed by atoms with Crippen molar-refractivity contribution in [3.63, 3.8) is 0 Å². The Kier molecular flexibility index (Phi) is 5.02. The molecule has 122 valence electrons. The number of rotatable bonds is 7. The summed E-state index contributed by atoms with van der Waals surface area (Å²) in [5.41, 5.74) is -0.0798. The number of nitrogens with zero attached hydrogens (tertiary/aromatic N) is 4. The summed E-state index contributed by atoms with van der Waals surface area (Å²) in [7, 11) is 3.36.